The number of halogens is 2. The summed E-state index contributed by atoms with van der Waals surface area (Å²) in [7, 11) is 1.42. The second-order valence-electron chi connectivity index (χ2n) is 6.06. The molecule has 0 bridgehead atoms. The van der Waals surface area contributed by atoms with Gasteiger partial charge in [0.15, 0.2) is 0 Å². The van der Waals surface area contributed by atoms with Crippen molar-refractivity contribution >= 4 is 0 Å². The number of hydrogen-bond donors (Lipinski definition) is 0. The maximum Gasteiger partial charge on any atom is 0.276 e. The molecule has 1 aromatic carbocycles. The maximum atomic E-state index is 14.4. The standard InChI is InChI=1S/C19H30F2O3/c1-3-4-5-9-12-18(19(20,21)15-24-16-22-2)14-23-13-17-10-7-6-8-11-17/h6-8,10-11,18H,3-5,9,12-16H2,1-2H3/t18-/m0/s1. The zero-order valence-electron chi connectivity index (χ0n) is 14.8. The molecule has 0 N–H and O–H groups in total. The van der Waals surface area contributed by atoms with Gasteiger partial charge < -0.3 is 14.2 Å². The highest BCUT2D eigenvalue weighted by molar-refractivity contribution is 5.13. The van der Waals surface area contributed by atoms with Crippen molar-refractivity contribution in [2.24, 2.45) is 5.92 Å². The van der Waals surface area contributed by atoms with Gasteiger partial charge in [-0.05, 0) is 12.0 Å². The summed E-state index contributed by atoms with van der Waals surface area (Å²) in [6.45, 7) is 1.73. The second kappa shape index (κ2) is 12.3. The predicted molar refractivity (Wildman–Crippen MR) is 91.1 cm³/mol. The van der Waals surface area contributed by atoms with Crippen LogP contribution >= 0.6 is 0 Å². The number of ether oxygens (including phenoxy) is 3. The van der Waals surface area contributed by atoms with Crippen LogP contribution in [0.25, 0.3) is 0 Å². The Morgan fingerprint density at radius 2 is 1.79 bits per heavy atom. The molecule has 0 spiro atoms. The van der Waals surface area contributed by atoms with Crippen LogP contribution in [0.3, 0.4) is 0 Å². The van der Waals surface area contributed by atoms with Gasteiger partial charge in [0.05, 0.1) is 13.2 Å². The van der Waals surface area contributed by atoms with Crippen LogP contribution in [0.15, 0.2) is 30.3 Å². The van der Waals surface area contributed by atoms with Gasteiger partial charge in [0.25, 0.3) is 5.92 Å². The normalized spacial score (nSPS) is 13.2. The van der Waals surface area contributed by atoms with E-state index in [9.17, 15) is 8.78 Å². The largest absolute Gasteiger partial charge is 0.376 e. The van der Waals surface area contributed by atoms with Crippen LogP contribution in [-0.2, 0) is 20.8 Å². The summed E-state index contributed by atoms with van der Waals surface area (Å²) in [5.41, 5.74) is 0.987. The van der Waals surface area contributed by atoms with Crippen molar-refractivity contribution in [3.05, 3.63) is 35.9 Å². The summed E-state index contributed by atoms with van der Waals surface area (Å²) >= 11 is 0. The van der Waals surface area contributed by atoms with E-state index in [1.807, 2.05) is 30.3 Å². The van der Waals surface area contributed by atoms with E-state index in [4.69, 9.17) is 9.47 Å². The third-order valence-electron chi connectivity index (χ3n) is 3.93. The van der Waals surface area contributed by atoms with E-state index in [0.717, 1.165) is 31.2 Å². The molecule has 0 aliphatic carbocycles. The molecule has 0 aromatic heterocycles. The molecule has 0 amide bonds. The molecule has 0 radical (unpaired) electrons. The molecule has 0 heterocycles. The summed E-state index contributed by atoms with van der Waals surface area (Å²) in [6, 6.07) is 9.59. The molecular formula is C19H30F2O3. The van der Waals surface area contributed by atoms with Crippen molar-refractivity contribution in [3.8, 4) is 0 Å². The van der Waals surface area contributed by atoms with Gasteiger partial charge in [0.1, 0.15) is 13.4 Å². The third-order valence-corrected chi connectivity index (χ3v) is 3.93. The molecular weight excluding hydrogens is 314 g/mol. The number of methoxy groups -OCH3 is 1. The molecule has 138 valence electrons. The lowest BCUT2D eigenvalue weighted by Gasteiger charge is -2.26. The third kappa shape index (κ3) is 8.71. The summed E-state index contributed by atoms with van der Waals surface area (Å²) in [5.74, 6) is -3.75. The fourth-order valence-corrected chi connectivity index (χ4v) is 2.51. The first-order chi connectivity index (χ1) is 11.6. The Labute approximate surface area is 144 Å². The molecule has 0 aliphatic rings. The van der Waals surface area contributed by atoms with Crippen molar-refractivity contribution in [1.29, 1.82) is 0 Å². The molecule has 0 fully saturated rings. The van der Waals surface area contributed by atoms with Crippen LogP contribution in [0, 0.1) is 5.92 Å². The SMILES string of the molecule is CCCCCC[C@@H](COCc1ccccc1)C(F)(F)COCOC. The Bertz CT molecular complexity index is 412. The Morgan fingerprint density at radius 3 is 2.46 bits per heavy atom. The second-order valence-corrected chi connectivity index (χ2v) is 6.06. The van der Waals surface area contributed by atoms with Crippen LogP contribution < -0.4 is 0 Å². The average molecular weight is 344 g/mol. The number of benzene rings is 1. The van der Waals surface area contributed by atoms with E-state index in [1.54, 1.807) is 0 Å². The fraction of sp³-hybridized carbons (Fsp3) is 0.684. The number of hydrogen-bond acceptors (Lipinski definition) is 3. The van der Waals surface area contributed by atoms with Crippen LogP contribution in [0.4, 0.5) is 8.78 Å². The van der Waals surface area contributed by atoms with Crippen molar-refractivity contribution in [2.45, 2.75) is 51.6 Å². The Kier molecular flexibility index (Phi) is 10.8. The molecule has 0 aliphatic heterocycles. The number of unbranched alkanes of at least 4 members (excludes halogenated alkanes) is 3. The van der Waals surface area contributed by atoms with Crippen LogP contribution in [0.5, 0.6) is 0 Å². The summed E-state index contributed by atoms with van der Waals surface area (Å²) < 4.78 is 43.9. The zero-order chi connectivity index (χ0) is 17.7. The minimum absolute atomic E-state index is 0.0321. The minimum atomic E-state index is -2.92. The molecule has 24 heavy (non-hydrogen) atoms. The van der Waals surface area contributed by atoms with Gasteiger partial charge in [0.2, 0.25) is 0 Å². The van der Waals surface area contributed by atoms with Gasteiger partial charge in [0, 0.05) is 13.0 Å². The van der Waals surface area contributed by atoms with E-state index in [1.165, 1.54) is 7.11 Å². The Hall–Kier alpha value is -1.04. The molecule has 0 saturated carbocycles. The maximum absolute atomic E-state index is 14.4. The molecule has 1 rings (SSSR count). The molecule has 1 atom stereocenters. The highest BCUT2D eigenvalue weighted by Crippen LogP contribution is 2.30. The topological polar surface area (TPSA) is 27.7 Å². The first-order valence-electron chi connectivity index (χ1n) is 8.66. The molecule has 0 saturated heterocycles. The Morgan fingerprint density at radius 1 is 1.04 bits per heavy atom. The van der Waals surface area contributed by atoms with Crippen LogP contribution in [0.2, 0.25) is 0 Å². The average Bonchev–Trinajstić information content (AvgIpc) is 2.58. The fourth-order valence-electron chi connectivity index (χ4n) is 2.51. The molecule has 1 aromatic rings. The predicted octanol–water partition coefficient (Wildman–Crippen LogP) is 5.05. The highest BCUT2D eigenvalue weighted by Gasteiger charge is 2.39. The summed E-state index contributed by atoms with van der Waals surface area (Å²) in [5, 5.41) is 0. The van der Waals surface area contributed by atoms with E-state index in [2.05, 4.69) is 11.7 Å². The van der Waals surface area contributed by atoms with E-state index < -0.39 is 18.4 Å². The number of rotatable bonds is 14. The van der Waals surface area contributed by atoms with E-state index >= 15 is 0 Å². The highest BCUT2D eigenvalue weighted by atomic mass is 19.3. The van der Waals surface area contributed by atoms with Gasteiger partial charge in [-0.15, -0.1) is 0 Å². The first-order valence-corrected chi connectivity index (χ1v) is 8.66. The summed E-state index contributed by atoms with van der Waals surface area (Å²) in [4.78, 5) is 0. The van der Waals surface area contributed by atoms with E-state index in [-0.39, 0.29) is 13.4 Å². The van der Waals surface area contributed by atoms with Gasteiger partial charge in [-0.25, -0.2) is 8.78 Å². The lowest BCUT2D eigenvalue weighted by molar-refractivity contribution is -0.162. The van der Waals surface area contributed by atoms with Gasteiger partial charge >= 0.3 is 0 Å². The van der Waals surface area contributed by atoms with Crippen molar-refractivity contribution < 1.29 is 23.0 Å². The molecule has 5 heteroatoms. The number of alkyl halides is 2. The van der Waals surface area contributed by atoms with Crippen LogP contribution in [0.1, 0.15) is 44.6 Å². The van der Waals surface area contributed by atoms with Crippen LogP contribution in [-0.4, -0.2) is 33.0 Å². The van der Waals surface area contributed by atoms with Gasteiger partial charge in [-0.2, -0.15) is 0 Å². The quantitative estimate of drug-likeness (QED) is 0.349. The Balaban J connectivity index is 2.49. The lowest BCUT2D eigenvalue weighted by Crippen LogP contribution is -2.37. The molecule has 0 unspecified atom stereocenters. The van der Waals surface area contributed by atoms with Crippen molar-refractivity contribution in [1.82, 2.24) is 0 Å². The van der Waals surface area contributed by atoms with Gasteiger partial charge in [-0.3, -0.25) is 0 Å². The smallest absolute Gasteiger partial charge is 0.276 e. The minimum Gasteiger partial charge on any atom is -0.376 e. The van der Waals surface area contributed by atoms with Crippen molar-refractivity contribution in [2.75, 3.05) is 27.1 Å². The molecule has 3 nitrogen and oxygen atoms in total. The monoisotopic (exact) mass is 344 g/mol. The first kappa shape index (κ1) is 21.0. The van der Waals surface area contributed by atoms with Gasteiger partial charge in [-0.1, -0.05) is 62.9 Å². The summed E-state index contributed by atoms with van der Waals surface area (Å²) in [6.07, 6.45) is 4.36. The lowest BCUT2D eigenvalue weighted by atomic mass is 9.95. The zero-order valence-corrected chi connectivity index (χ0v) is 14.8. The van der Waals surface area contributed by atoms with E-state index in [0.29, 0.717) is 13.0 Å². The van der Waals surface area contributed by atoms with Crippen molar-refractivity contribution in [3.63, 3.8) is 0 Å².